The normalized spacial score (nSPS) is 12.1. The molecule has 0 atom stereocenters. The van der Waals surface area contributed by atoms with E-state index in [9.17, 15) is 26.4 Å². The zero-order valence-electron chi connectivity index (χ0n) is 19.2. The van der Waals surface area contributed by atoms with Crippen LogP contribution in [0, 0.1) is 0 Å². The average Bonchev–Trinajstić information content (AvgIpc) is 2.84. The molecule has 0 spiro atoms. The molecule has 190 valence electrons. The van der Waals surface area contributed by atoms with Crippen LogP contribution in [0.2, 0.25) is 0 Å². The fourth-order valence-corrected chi connectivity index (χ4v) is 5.72. The minimum absolute atomic E-state index is 0.150. The number of carbonyl (C=O) groups is 1. The topological polar surface area (TPSA) is 76.1 Å². The minimum atomic E-state index is -4.46. The summed E-state index contributed by atoms with van der Waals surface area (Å²) < 4.78 is 63.2. The molecule has 10 heteroatoms. The van der Waals surface area contributed by atoms with Gasteiger partial charge in [-0.3, -0.25) is 4.79 Å². The number of nitrogens with zero attached hydrogens (tertiary/aromatic N) is 1. The van der Waals surface area contributed by atoms with Crippen molar-refractivity contribution >= 4 is 39.3 Å². The Hall–Kier alpha value is -3.11. The number of rotatable bonds is 11. The Bertz CT molecular complexity index is 1300. The molecule has 1 N–H and O–H groups in total. The van der Waals surface area contributed by atoms with Gasteiger partial charge in [0.05, 0.1) is 22.8 Å². The van der Waals surface area contributed by atoms with E-state index >= 15 is 0 Å². The molecule has 0 saturated carbocycles. The van der Waals surface area contributed by atoms with Crippen LogP contribution < -0.4 is 5.32 Å². The number of halogens is 3. The Morgan fingerprint density at radius 1 is 1.03 bits per heavy atom. The average molecular weight is 535 g/mol. The largest absolute Gasteiger partial charge is 0.416 e. The van der Waals surface area contributed by atoms with Gasteiger partial charge in [-0.2, -0.15) is 13.2 Å². The second-order valence-electron chi connectivity index (χ2n) is 7.88. The van der Waals surface area contributed by atoms with Crippen molar-refractivity contribution in [3.8, 4) is 0 Å². The molecule has 0 fully saturated rings. The Kier molecular flexibility index (Phi) is 9.72. The van der Waals surface area contributed by atoms with Crippen molar-refractivity contribution in [2.75, 3.05) is 22.6 Å². The van der Waals surface area contributed by atoms with E-state index in [1.54, 1.807) is 18.3 Å². The number of carbonyl (C=O) groups excluding carboxylic acids is 1. The van der Waals surface area contributed by atoms with Gasteiger partial charge in [-0.05, 0) is 41.8 Å². The van der Waals surface area contributed by atoms with E-state index in [4.69, 9.17) is 0 Å². The van der Waals surface area contributed by atoms with Gasteiger partial charge in [0, 0.05) is 18.4 Å². The van der Waals surface area contributed by atoms with E-state index < -0.39 is 21.6 Å². The molecule has 1 heterocycles. The number of alkyl halides is 3. The number of amides is 1. The van der Waals surface area contributed by atoms with E-state index in [2.05, 4.69) is 10.3 Å². The van der Waals surface area contributed by atoms with Crippen LogP contribution >= 0.6 is 11.8 Å². The van der Waals surface area contributed by atoms with Gasteiger partial charge in [0.25, 0.3) is 0 Å². The molecule has 1 amide bonds. The number of aromatic nitrogens is 1. The summed E-state index contributed by atoms with van der Waals surface area (Å²) in [6, 6.07) is 17.7. The summed E-state index contributed by atoms with van der Waals surface area (Å²) in [6.45, 7) is 0. The smallest absolute Gasteiger partial charge is 0.324 e. The van der Waals surface area contributed by atoms with Crippen LogP contribution in [0.4, 0.5) is 18.9 Å². The Labute approximate surface area is 212 Å². The maximum atomic E-state index is 12.8. The maximum absolute atomic E-state index is 12.8. The third kappa shape index (κ3) is 9.16. The predicted octanol–water partition coefficient (Wildman–Crippen LogP) is 5.89. The first-order valence-corrected chi connectivity index (χ1v) is 13.9. The van der Waals surface area contributed by atoms with Crippen molar-refractivity contribution in [1.29, 1.82) is 0 Å². The zero-order valence-corrected chi connectivity index (χ0v) is 20.9. The van der Waals surface area contributed by atoms with Gasteiger partial charge in [-0.25, -0.2) is 13.4 Å². The number of aryl methyl sites for hydroxylation is 1. The lowest BCUT2D eigenvalue weighted by molar-refractivity contribution is -0.137. The molecule has 0 unspecified atom stereocenters. The lowest BCUT2D eigenvalue weighted by Crippen LogP contribution is -2.14. The number of anilines is 1. The van der Waals surface area contributed by atoms with Gasteiger partial charge >= 0.3 is 6.18 Å². The predicted molar refractivity (Wildman–Crippen MR) is 137 cm³/mol. The number of pyridine rings is 1. The van der Waals surface area contributed by atoms with Crippen molar-refractivity contribution in [3.63, 3.8) is 0 Å². The Morgan fingerprint density at radius 3 is 2.56 bits per heavy atom. The monoisotopic (exact) mass is 534 g/mol. The molecular formula is C26H25F3N2O3S2. The number of hydrogen-bond acceptors (Lipinski definition) is 5. The highest BCUT2D eigenvalue weighted by Crippen LogP contribution is 2.30. The second-order valence-corrected chi connectivity index (χ2v) is 11.2. The number of thioether (sulfide) groups is 1. The highest BCUT2D eigenvalue weighted by Gasteiger charge is 2.30. The summed E-state index contributed by atoms with van der Waals surface area (Å²) in [5.74, 6) is -0.401. The number of nitrogens with one attached hydrogen (secondary N) is 1. The van der Waals surface area contributed by atoms with Gasteiger partial charge < -0.3 is 5.32 Å². The standard InChI is InChI=1S/C26H25F3N2O3S2/c27-26(28,29)22-11-4-9-21(19-22)10-6-17-36(33,34)18-16-35-25-23(12-5-15-30-25)31-24(32)14-13-20-7-2-1-3-8-20/h1-12,15,19H,13-14,16-18H2,(H,31,32). The highest BCUT2D eigenvalue weighted by atomic mass is 32.2. The fourth-order valence-electron chi connectivity index (χ4n) is 3.21. The SMILES string of the molecule is O=C(CCc1ccccc1)Nc1cccnc1SCCS(=O)(=O)CC=Cc1cccc(C(F)(F)F)c1. The van der Waals surface area contributed by atoms with E-state index in [0.717, 1.165) is 17.7 Å². The van der Waals surface area contributed by atoms with Crippen LogP contribution in [0.1, 0.15) is 23.1 Å². The zero-order chi connectivity index (χ0) is 26.0. The van der Waals surface area contributed by atoms with Crippen LogP contribution in [0.15, 0.2) is 84.0 Å². The number of sulfone groups is 1. The fraction of sp³-hybridized carbons (Fsp3) is 0.231. The van der Waals surface area contributed by atoms with Gasteiger partial charge in [0.15, 0.2) is 9.84 Å². The third-order valence-corrected chi connectivity index (χ3v) is 7.83. The highest BCUT2D eigenvalue weighted by molar-refractivity contribution is 8.00. The van der Waals surface area contributed by atoms with Gasteiger partial charge in [0.2, 0.25) is 5.91 Å². The third-order valence-electron chi connectivity index (χ3n) is 5.04. The van der Waals surface area contributed by atoms with Gasteiger partial charge in [-0.1, -0.05) is 54.6 Å². The molecule has 3 aromatic rings. The Balaban J connectivity index is 1.49. The molecule has 0 bridgehead atoms. The van der Waals surface area contributed by atoms with Crippen LogP contribution in [0.5, 0.6) is 0 Å². The summed E-state index contributed by atoms with van der Waals surface area (Å²) in [5, 5.41) is 3.35. The van der Waals surface area contributed by atoms with Crippen LogP contribution in [0.3, 0.4) is 0 Å². The van der Waals surface area contributed by atoms with Gasteiger partial charge in [-0.15, -0.1) is 11.8 Å². The van der Waals surface area contributed by atoms with Crippen LogP contribution in [-0.4, -0.2) is 36.6 Å². The van der Waals surface area contributed by atoms with E-state index in [-0.39, 0.29) is 28.7 Å². The van der Waals surface area contributed by atoms with Crippen LogP contribution in [0.25, 0.3) is 6.08 Å². The molecule has 0 aliphatic carbocycles. The summed E-state index contributed by atoms with van der Waals surface area (Å²) in [6.07, 6.45) is 0.709. The quantitative estimate of drug-likeness (QED) is 0.311. The van der Waals surface area contributed by atoms with Crippen LogP contribution in [-0.2, 0) is 27.2 Å². The van der Waals surface area contributed by atoms with Crippen molar-refractivity contribution in [3.05, 3.63) is 95.7 Å². The number of hydrogen-bond donors (Lipinski definition) is 1. The van der Waals surface area contributed by atoms with Crippen molar-refractivity contribution in [2.24, 2.45) is 0 Å². The first kappa shape index (κ1) is 27.5. The summed E-state index contributed by atoms with van der Waals surface area (Å²) >= 11 is 1.21. The maximum Gasteiger partial charge on any atom is 0.416 e. The molecule has 2 aromatic carbocycles. The minimum Gasteiger partial charge on any atom is -0.324 e. The van der Waals surface area contributed by atoms with E-state index in [1.165, 1.54) is 36.0 Å². The van der Waals surface area contributed by atoms with Crippen molar-refractivity contribution in [1.82, 2.24) is 4.98 Å². The molecule has 1 aromatic heterocycles. The van der Waals surface area contributed by atoms with E-state index in [0.29, 0.717) is 23.6 Å². The Morgan fingerprint density at radius 2 is 1.81 bits per heavy atom. The first-order valence-electron chi connectivity index (χ1n) is 11.1. The van der Waals surface area contributed by atoms with Crippen molar-refractivity contribution < 1.29 is 26.4 Å². The number of benzene rings is 2. The molecule has 3 rings (SSSR count). The molecule has 0 saturated heterocycles. The molecule has 36 heavy (non-hydrogen) atoms. The second kappa shape index (κ2) is 12.7. The van der Waals surface area contributed by atoms with Crippen molar-refractivity contribution in [2.45, 2.75) is 24.0 Å². The van der Waals surface area contributed by atoms with Gasteiger partial charge in [0.1, 0.15) is 5.03 Å². The first-order chi connectivity index (χ1) is 17.1. The van der Waals surface area contributed by atoms with E-state index in [1.807, 2.05) is 30.3 Å². The molecule has 5 nitrogen and oxygen atoms in total. The summed E-state index contributed by atoms with van der Waals surface area (Å²) in [7, 11) is -3.48. The molecular weight excluding hydrogens is 509 g/mol. The molecule has 0 aliphatic rings. The summed E-state index contributed by atoms with van der Waals surface area (Å²) in [4.78, 5) is 16.6. The lowest BCUT2D eigenvalue weighted by atomic mass is 10.1. The summed E-state index contributed by atoms with van der Waals surface area (Å²) in [5.41, 5.74) is 1.06. The lowest BCUT2D eigenvalue weighted by Gasteiger charge is -2.10. The molecule has 0 radical (unpaired) electrons. The molecule has 0 aliphatic heterocycles.